The highest BCUT2D eigenvalue weighted by molar-refractivity contribution is 7.99. The van der Waals surface area contributed by atoms with E-state index in [0.29, 0.717) is 12.0 Å². The fourth-order valence-electron chi connectivity index (χ4n) is 1.75. The van der Waals surface area contributed by atoms with E-state index in [2.05, 4.69) is 0 Å². The van der Waals surface area contributed by atoms with Gasteiger partial charge in [0.25, 0.3) is 0 Å². The van der Waals surface area contributed by atoms with E-state index in [1.54, 1.807) is 12.3 Å². The van der Waals surface area contributed by atoms with Crippen molar-refractivity contribution in [3.8, 4) is 0 Å². The zero-order valence-electron chi connectivity index (χ0n) is 10.4. The number of benzene rings is 1. The van der Waals surface area contributed by atoms with E-state index in [-0.39, 0.29) is 11.9 Å². The minimum atomic E-state index is -0.196. The Balaban J connectivity index is 2.32. The number of aryl methyl sites for hydroxylation is 1. The molecule has 2 rings (SSSR count). The van der Waals surface area contributed by atoms with Gasteiger partial charge in [-0.05, 0) is 38.5 Å². The Bertz CT molecular complexity index is 536. The van der Waals surface area contributed by atoms with E-state index in [0.717, 1.165) is 15.6 Å². The summed E-state index contributed by atoms with van der Waals surface area (Å²) < 4.78 is 19.1. The third kappa shape index (κ3) is 2.94. The van der Waals surface area contributed by atoms with Crippen LogP contribution in [0, 0.1) is 12.7 Å². The summed E-state index contributed by atoms with van der Waals surface area (Å²) in [5.41, 5.74) is 6.45. The zero-order valence-corrected chi connectivity index (χ0v) is 11.3. The molecule has 1 heterocycles. The Morgan fingerprint density at radius 1 is 1.33 bits per heavy atom. The molecule has 0 bridgehead atoms. The van der Waals surface area contributed by atoms with E-state index < -0.39 is 0 Å². The lowest BCUT2D eigenvalue weighted by molar-refractivity contribution is 0.527. The van der Waals surface area contributed by atoms with Crippen molar-refractivity contribution in [2.45, 2.75) is 36.1 Å². The molecule has 1 unspecified atom stereocenters. The Morgan fingerprint density at radius 2 is 2.11 bits per heavy atom. The van der Waals surface area contributed by atoms with E-state index in [1.165, 1.54) is 17.8 Å². The van der Waals surface area contributed by atoms with Crippen molar-refractivity contribution in [3.05, 3.63) is 47.7 Å². The molecule has 2 nitrogen and oxygen atoms in total. The molecule has 0 saturated heterocycles. The number of halogens is 1. The second kappa shape index (κ2) is 5.59. The van der Waals surface area contributed by atoms with Gasteiger partial charge < -0.3 is 10.2 Å². The van der Waals surface area contributed by atoms with Crippen LogP contribution in [0.2, 0.25) is 0 Å². The standard InChI is InChI=1S/C14H16FNOS/c1-9(16)8-11-12(15)4-3-5-14(11)18-13-6-7-17-10(13)2/h3-7,9H,8,16H2,1-2H3. The monoisotopic (exact) mass is 265 g/mol. The summed E-state index contributed by atoms with van der Waals surface area (Å²) in [6.45, 7) is 3.77. The van der Waals surface area contributed by atoms with E-state index >= 15 is 0 Å². The lowest BCUT2D eigenvalue weighted by Crippen LogP contribution is -2.19. The van der Waals surface area contributed by atoms with Gasteiger partial charge in [-0.1, -0.05) is 17.8 Å². The van der Waals surface area contributed by atoms with Gasteiger partial charge in [0.1, 0.15) is 11.6 Å². The molecule has 96 valence electrons. The van der Waals surface area contributed by atoms with Gasteiger partial charge in [0.05, 0.1) is 11.2 Å². The quantitative estimate of drug-likeness (QED) is 0.914. The van der Waals surface area contributed by atoms with Crippen molar-refractivity contribution < 1.29 is 8.81 Å². The summed E-state index contributed by atoms with van der Waals surface area (Å²) in [6.07, 6.45) is 2.17. The Hall–Kier alpha value is -1.26. The van der Waals surface area contributed by atoms with Gasteiger partial charge in [-0.2, -0.15) is 0 Å². The molecular formula is C14H16FNOS. The first-order chi connectivity index (χ1) is 8.58. The molecule has 4 heteroatoms. The van der Waals surface area contributed by atoms with Crippen LogP contribution in [0.1, 0.15) is 18.2 Å². The van der Waals surface area contributed by atoms with Crippen LogP contribution >= 0.6 is 11.8 Å². The Labute approximate surface area is 110 Å². The molecule has 2 N–H and O–H groups in total. The molecule has 0 aliphatic carbocycles. The van der Waals surface area contributed by atoms with Gasteiger partial charge in [-0.15, -0.1) is 0 Å². The second-order valence-corrected chi connectivity index (χ2v) is 5.42. The topological polar surface area (TPSA) is 39.2 Å². The van der Waals surface area contributed by atoms with Crippen molar-refractivity contribution in [3.63, 3.8) is 0 Å². The first-order valence-electron chi connectivity index (χ1n) is 5.83. The maximum absolute atomic E-state index is 13.8. The maximum Gasteiger partial charge on any atom is 0.127 e. The van der Waals surface area contributed by atoms with Crippen LogP contribution in [0.5, 0.6) is 0 Å². The second-order valence-electron chi connectivity index (χ2n) is 4.34. The summed E-state index contributed by atoms with van der Waals surface area (Å²) >= 11 is 1.51. The summed E-state index contributed by atoms with van der Waals surface area (Å²) in [5, 5.41) is 0. The molecule has 0 radical (unpaired) electrons. The molecule has 0 saturated carbocycles. The largest absolute Gasteiger partial charge is 0.468 e. The maximum atomic E-state index is 13.8. The van der Waals surface area contributed by atoms with Crippen molar-refractivity contribution in [2.24, 2.45) is 5.73 Å². The summed E-state index contributed by atoms with van der Waals surface area (Å²) in [5.74, 6) is 0.648. The predicted octanol–water partition coefficient (Wildman–Crippen LogP) is 3.77. The molecule has 1 atom stereocenters. The first-order valence-corrected chi connectivity index (χ1v) is 6.64. The van der Waals surface area contributed by atoms with Crippen LogP contribution in [0.4, 0.5) is 4.39 Å². The van der Waals surface area contributed by atoms with Crippen molar-refractivity contribution >= 4 is 11.8 Å². The highest BCUT2D eigenvalue weighted by atomic mass is 32.2. The van der Waals surface area contributed by atoms with Crippen LogP contribution < -0.4 is 5.73 Å². The van der Waals surface area contributed by atoms with Gasteiger partial charge in [0.15, 0.2) is 0 Å². The average molecular weight is 265 g/mol. The highest BCUT2D eigenvalue weighted by Crippen LogP contribution is 2.34. The minimum absolute atomic E-state index is 0.0632. The molecule has 0 amide bonds. The van der Waals surface area contributed by atoms with Gasteiger partial charge in [-0.3, -0.25) is 0 Å². The van der Waals surface area contributed by atoms with E-state index in [4.69, 9.17) is 10.2 Å². The molecule has 2 aromatic rings. The van der Waals surface area contributed by atoms with Crippen LogP contribution in [-0.4, -0.2) is 6.04 Å². The van der Waals surface area contributed by atoms with E-state index in [9.17, 15) is 4.39 Å². The first kappa shape index (κ1) is 13.2. The zero-order chi connectivity index (χ0) is 13.1. The number of furan rings is 1. The lowest BCUT2D eigenvalue weighted by Gasteiger charge is -2.12. The summed E-state index contributed by atoms with van der Waals surface area (Å²) in [6, 6.07) is 6.94. The number of hydrogen-bond donors (Lipinski definition) is 1. The predicted molar refractivity (Wildman–Crippen MR) is 71.3 cm³/mol. The van der Waals surface area contributed by atoms with Gasteiger partial charge in [0, 0.05) is 16.5 Å². The molecule has 1 aromatic carbocycles. The van der Waals surface area contributed by atoms with Crippen molar-refractivity contribution in [2.75, 3.05) is 0 Å². The minimum Gasteiger partial charge on any atom is -0.468 e. The van der Waals surface area contributed by atoms with Gasteiger partial charge >= 0.3 is 0 Å². The van der Waals surface area contributed by atoms with Gasteiger partial charge in [-0.25, -0.2) is 4.39 Å². The molecule has 0 fully saturated rings. The average Bonchev–Trinajstić information content (AvgIpc) is 2.69. The van der Waals surface area contributed by atoms with E-state index in [1.807, 2.05) is 26.0 Å². The number of rotatable bonds is 4. The van der Waals surface area contributed by atoms with Crippen molar-refractivity contribution in [1.82, 2.24) is 0 Å². The molecule has 18 heavy (non-hydrogen) atoms. The van der Waals surface area contributed by atoms with Crippen LogP contribution in [-0.2, 0) is 6.42 Å². The summed E-state index contributed by atoms with van der Waals surface area (Å²) in [7, 11) is 0. The highest BCUT2D eigenvalue weighted by Gasteiger charge is 2.13. The fourth-order valence-corrected chi connectivity index (χ4v) is 2.76. The third-order valence-electron chi connectivity index (χ3n) is 2.63. The van der Waals surface area contributed by atoms with Crippen molar-refractivity contribution in [1.29, 1.82) is 0 Å². The smallest absolute Gasteiger partial charge is 0.127 e. The van der Waals surface area contributed by atoms with Crippen LogP contribution in [0.3, 0.4) is 0 Å². The van der Waals surface area contributed by atoms with Crippen LogP contribution in [0.15, 0.2) is 44.7 Å². The third-order valence-corrected chi connectivity index (χ3v) is 3.88. The van der Waals surface area contributed by atoms with Gasteiger partial charge in [0.2, 0.25) is 0 Å². The normalized spacial score (nSPS) is 12.7. The number of nitrogens with two attached hydrogens (primary N) is 1. The molecule has 0 aliphatic heterocycles. The SMILES string of the molecule is Cc1occc1Sc1cccc(F)c1CC(C)N. The molecular weight excluding hydrogens is 249 g/mol. The lowest BCUT2D eigenvalue weighted by atomic mass is 10.1. The number of hydrogen-bond acceptors (Lipinski definition) is 3. The Morgan fingerprint density at radius 3 is 2.72 bits per heavy atom. The van der Waals surface area contributed by atoms with Crippen LogP contribution in [0.25, 0.3) is 0 Å². The summed E-state index contributed by atoms with van der Waals surface area (Å²) in [4.78, 5) is 1.91. The molecule has 1 aromatic heterocycles. The Kier molecular flexibility index (Phi) is 4.09. The molecule has 0 aliphatic rings. The fraction of sp³-hybridized carbons (Fsp3) is 0.286. The molecule has 0 spiro atoms.